The van der Waals surface area contributed by atoms with Gasteiger partial charge in [0.05, 0.1) is 23.0 Å². The summed E-state index contributed by atoms with van der Waals surface area (Å²) in [4.78, 5) is -1.33. The molecule has 0 spiro atoms. The Morgan fingerprint density at radius 3 is 2.29 bits per heavy atom. The molecule has 0 unspecified atom stereocenters. The van der Waals surface area contributed by atoms with E-state index in [1.54, 1.807) is 0 Å². The molecule has 144 valence electrons. The Kier molecular flexibility index (Phi) is 4.93. The fourth-order valence-corrected chi connectivity index (χ4v) is 3.26. The Morgan fingerprint density at radius 2 is 1.75 bits per heavy atom. The largest absolute Gasteiger partial charge is 0.282 e. The van der Waals surface area contributed by atoms with E-state index in [4.69, 9.17) is 10.4 Å². The van der Waals surface area contributed by atoms with E-state index in [2.05, 4.69) is 5.10 Å². The van der Waals surface area contributed by atoms with Crippen molar-refractivity contribution < 1.29 is 26.0 Å². The molecule has 0 aliphatic carbocycles. The summed E-state index contributed by atoms with van der Waals surface area (Å²) in [7, 11) is -4.67. The predicted molar refractivity (Wildman–Crippen MR) is 90.0 cm³/mol. The second-order valence-electron chi connectivity index (χ2n) is 5.64. The molecular weight excluding hydrogens is 400 g/mol. The zero-order valence-electron chi connectivity index (χ0n) is 13.8. The summed E-state index contributed by atoms with van der Waals surface area (Å²) < 4.78 is 78.3. The quantitative estimate of drug-likeness (QED) is 0.667. The average molecular weight is 410 g/mol. The van der Waals surface area contributed by atoms with Crippen molar-refractivity contribution in [3.05, 3.63) is 65.4 Å². The minimum Gasteiger partial charge on any atom is -0.233 e. The van der Waals surface area contributed by atoms with Gasteiger partial charge < -0.3 is 0 Å². The summed E-state index contributed by atoms with van der Waals surface area (Å²) in [5.41, 5.74) is -0.654. The highest BCUT2D eigenvalue weighted by atomic mass is 32.2. The van der Waals surface area contributed by atoms with Crippen molar-refractivity contribution in [2.24, 2.45) is 5.14 Å². The maximum Gasteiger partial charge on any atom is 0.282 e. The van der Waals surface area contributed by atoms with Crippen LogP contribution in [0.1, 0.15) is 17.7 Å². The van der Waals surface area contributed by atoms with Crippen molar-refractivity contribution in [2.75, 3.05) is 0 Å². The molecule has 11 heteroatoms. The lowest BCUT2D eigenvalue weighted by molar-refractivity contribution is 0.145. The third-order valence-corrected chi connectivity index (χ3v) is 4.71. The smallest absolute Gasteiger partial charge is 0.233 e. The van der Waals surface area contributed by atoms with Crippen molar-refractivity contribution in [1.29, 1.82) is 5.26 Å². The van der Waals surface area contributed by atoms with Crippen LogP contribution in [0.5, 0.6) is 0 Å². The number of nitrogens with two attached hydrogens (primary N) is 1. The fraction of sp³-hybridized carbons (Fsp3) is 0.0588. The van der Waals surface area contributed by atoms with Gasteiger partial charge in [0.25, 0.3) is 6.43 Å². The van der Waals surface area contributed by atoms with Gasteiger partial charge in [0.15, 0.2) is 4.90 Å². The van der Waals surface area contributed by atoms with Gasteiger partial charge in [-0.15, -0.1) is 0 Å². The number of nitrogens with zero attached hydrogens (tertiary/aromatic N) is 3. The van der Waals surface area contributed by atoms with Crippen LogP contribution in [0.2, 0.25) is 0 Å². The maximum absolute atomic E-state index is 14.2. The molecule has 0 saturated carbocycles. The molecule has 28 heavy (non-hydrogen) atoms. The van der Waals surface area contributed by atoms with Gasteiger partial charge in [-0.3, -0.25) is 0 Å². The molecule has 0 radical (unpaired) electrons. The summed E-state index contributed by atoms with van der Waals surface area (Å²) in [5.74, 6) is -2.95. The summed E-state index contributed by atoms with van der Waals surface area (Å²) in [6.45, 7) is 0. The fourth-order valence-electron chi connectivity index (χ4n) is 2.60. The molecule has 1 aromatic heterocycles. The first-order valence-electron chi connectivity index (χ1n) is 7.52. The number of hydrogen-bond acceptors (Lipinski definition) is 4. The van der Waals surface area contributed by atoms with Gasteiger partial charge in [0.2, 0.25) is 10.0 Å². The predicted octanol–water partition coefficient (Wildman–Crippen LogP) is 3.27. The van der Waals surface area contributed by atoms with Crippen LogP contribution in [0, 0.1) is 23.0 Å². The summed E-state index contributed by atoms with van der Waals surface area (Å²) >= 11 is 0. The van der Waals surface area contributed by atoms with Crippen LogP contribution < -0.4 is 5.14 Å². The van der Waals surface area contributed by atoms with Crippen molar-refractivity contribution >= 4 is 10.0 Å². The maximum atomic E-state index is 14.2. The number of alkyl halides is 2. The van der Waals surface area contributed by atoms with E-state index < -0.39 is 38.7 Å². The van der Waals surface area contributed by atoms with E-state index in [9.17, 15) is 26.0 Å². The second kappa shape index (κ2) is 7.06. The minimum absolute atomic E-state index is 0.135. The molecule has 0 atom stereocenters. The molecule has 0 aliphatic heterocycles. The van der Waals surface area contributed by atoms with E-state index in [1.807, 2.05) is 6.07 Å². The molecule has 0 fully saturated rings. The van der Waals surface area contributed by atoms with Crippen LogP contribution in [0.3, 0.4) is 0 Å². The van der Waals surface area contributed by atoms with E-state index >= 15 is 0 Å². The molecule has 0 saturated heterocycles. The van der Waals surface area contributed by atoms with Gasteiger partial charge in [0, 0.05) is 5.56 Å². The highest BCUT2D eigenvalue weighted by molar-refractivity contribution is 7.89. The Balaban J connectivity index is 2.26. The molecule has 2 N–H and O–H groups in total. The highest BCUT2D eigenvalue weighted by Gasteiger charge is 2.24. The van der Waals surface area contributed by atoms with E-state index in [-0.39, 0.29) is 22.5 Å². The number of sulfonamides is 1. The van der Waals surface area contributed by atoms with Gasteiger partial charge in [-0.2, -0.15) is 10.4 Å². The number of primary sulfonamides is 1. The lowest BCUT2D eigenvalue weighted by Crippen LogP contribution is -2.16. The van der Waals surface area contributed by atoms with E-state index in [1.165, 1.54) is 24.3 Å². The molecule has 1 heterocycles. The van der Waals surface area contributed by atoms with Crippen LogP contribution in [0.4, 0.5) is 17.6 Å². The second-order valence-corrected chi connectivity index (χ2v) is 7.14. The van der Waals surface area contributed by atoms with Gasteiger partial charge in [-0.05, 0) is 36.4 Å². The monoisotopic (exact) mass is 410 g/mol. The van der Waals surface area contributed by atoms with Crippen molar-refractivity contribution in [1.82, 2.24) is 9.78 Å². The number of hydrogen-bond donors (Lipinski definition) is 1. The Hall–Kier alpha value is -3.23. The average Bonchev–Trinajstić information content (AvgIpc) is 3.05. The molecule has 6 nitrogen and oxygen atoms in total. The van der Waals surface area contributed by atoms with Crippen molar-refractivity contribution in [2.45, 2.75) is 11.3 Å². The highest BCUT2D eigenvalue weighted by Crippen LogP contribution is 2.31. The SMILES string of the molecule is N#Cc1cccc(-n2nc(C(F)F)cc2-c2cc(F)c(S(N)(=O)=O)c(F)c2)c1. The lowest BCUT2D eigenvalue weighted by atomic mass is 10.1. The summed E-state index contributed by atoms with van der Waals surface area (Å²) in [6, 6.07) is 9.85. The van der Waals surface area contributed by atoms with Gasteiger partial charge in [-0.25, -0.2) is 35.8 Å². The van der Waals surface area contributed by atoms with Crippen molar-refractivity contribution in [3.63, 3.8) is 0 Å². The number of aromatic nitrogens is 2. The number of rotatable bonds is 4. The number of nitriles is 1. The molecule has 0 aliphatic rings. The number of halogens is 4. The standard InChI is InChI=1S/C17H10F4N4O2S/c18-12-5-10(6-13(19)16(12)28(23,26)27)15-7-14(17(20)21)24-25(15)11-3-1-2-9(4-11)8-22/h1-7,17H,(H2,23,26,27). The summed E-state index contributed by atoms with van der Waals surface area (Å²) in [5, 5.41) is 17.5. The van der Waals surface area contributed by atoms with Crippen LogP contribution in [0.15, 0.2) is 47.4 Å². The Bertz CT molecular complexity index is 1190. The van der Waals surface area contributed by atoms with E-state index in [0.717, 1.165) is 10.7 Å². The zero-order valence-corrected chi connectivity index (χ0v) is 14.6. The first kappa shape index (κ1) is 19.5. The third kappa shape index (κ3) is 3.60. The number of benzene rings is 2. The first-order valence-corrected chi connectivity index (χ1v) is 9.07. The zero-order chi connectivity index (χ0) is 20.6. The summed E-state index contributed by atoms with van der Waals surface area (Å²) in [6.07, 6.45) is -2.97. The molecule has 3 aromatic rings. The lowest BCUT2D eigenvalue weighted by Gasteiger charge is -2.10. The van der Waals surface area contributed by atoms with Crippen LogP contribution in [0.25, 0.3) is 16.9 Å². The van der Waals surface area contributed by atoms with E-state index in [0.29, 0.717) is 12.1 Å². The van der Waals surface area contributed by atoms with Crippen LogP contribution in [-0.4, -0.2) is 18.2 Å². The first-order chi connectivity index (χ1) is 13.1. The molecule has 0 bridgehead atoms. The van der Waals surface area contributed by atoms with Gasteiger partial charge in [0.1, 0.15) is 17.3 Å². The topological polar surface area (TPSA) is 102 Å². The van der Waals surface area contributed by atoms with Crippen LogP contribution >= 0.6 is 0 Å². The molecular formula is C17H10F4N4O2S. The van der Waals surface area contributed by atoms with Crippen LogP contribution in [-0.2, 0) is 10.0 Å². The van der Waals surface area contributed by atoms with Crippen molar-refractivity contribution in [3.8, 4) is 23.0 Å². The molecule has 3 rings (SSSR count). The minimum atomic E-state index is -4.67. The molecule has 2 aromatic carbocycles. The Labute approximate surface area is 156 Å². The normalized spacial score (nSPS) is 11.6. The molecule has 0 amide bonds. The van der Waals surface area contributed by atoms with Gasteiger partial charge >= 0.3 is 0 Å². The third-order valence-electron chi connectivity index (χ3n) is 3.75. The van der Waals surface area contributed by atoms with Gasteiger partial charge in [-0.1, -0.05) is 6.07 Å². The Morgan fingerprint density at radius 1 is 1.11 bits per heavy atom.